The van der Waals surface area contributed by atoms with Crippen molar-refractivity contribution in [2.45, 2.75) is 19.4 Å². The molecule has 2 aromatic rings. The lowest BCUT2D eigenvalue weighted by Gasteiger charge is -2.44. The Kier molecular flexibility index (Phi) is 4.16. The topological polar surface area (TPSA) is 67.2 Å². The van der Waals surface area contributed by atoms with Gasteiger partial charge in [-0.1, -0.05) is 0 Å². The molecule has 0 aromatic carbocycles. The highest BCUT2D eigenvalue weighted by molar-refractivity contribution is 5.95. The van der Waals surface area contributed by atoms with Crippen LogP contribution in [0.15, 0.2) is 18.3 Å². The summed E-state index contributed by atoms with van der Waals surface area (Å²) in [6, 6.07) is 3.68. The second-order valence-electron chi connectivity index (χ2n) is 5.91. The lowest BCUT2D eigenvalue weighted by molar-refractivity contribution is 0.0693. The Labute approximate surface area is 137 Å². The van der Waals surface area contributed by atoms with Crippen LogP contribution in [0.3, 0.4) is 0 Å². The highest BCUT2D eigenvalue weighted by Crippen LogP contribution is 2.25. The molecular formula is C15H18F2N6O. The lowest BCUT2D eigenvalue weighted by atomic mass is 10.1. The van der Waals surface area contributed by atoms with Crippen molar-refractivity contribution in [1.82, 2.24) is 24.9 Å². The fourth-order valence-corrected chi connectivity index (χ4v) is 2.64. The van der Waals surface area contributed by atoms with Crippen molar-refractivity contribution in [1.29, 1.82) is 0 Å². The average Bonchev–Trinajstić information content (AvgIpc) is 2.89. The van der Waals surface area contributed by atoms with Crippen molar-refractivity contribution in [2.24, 2.45) is 7.05 Å². The number of carbonyl (C=O) groups excluding carboxylic acids is 1. The number of amides is 1. The van der Waals surface area contributed by atoms with Crippen LogP contribution in [0.4, 0.5) is 14.6 Å². The van der Waals surface area contributed by atoms with Gasteiger partial charge in [-0.3, -0.25) is 9.48 Å². The van der Waals surface area contributed by atoms with Gasteiger partial charge in [0.2, 0.25) is 0 Å². The minimum absolute atomic E-state index is 0.0522. The predicted molar refractivity (Wildman–Crippen MR) is 83.0 cm³/mol. The fourth-order valence-electron chi connectivity index (χ4n) is 2.64. The van der Waals surface area contributed by atoms with E-state index in [1.165, 1.54) is 22.8 Å². The van der Waals surface area contributed by atoms with E-state index in [1.807, 2.05) is 24.0 Å². The van der Waals surface area contributed by atoms with Crippen molar-refractivity contribution in [3.8, 4) is 0 Å². The Bertz CT molecular complexity index is 739. The van der Waals surface area contributed by atoms with Gasteiger partial charge in [-0.2, -0.15) is 10.2 Å². The Morgan fingerprint density at radius 2 is 2.04 bits per heavy atom. The first-order valence-electron chi connectivity index (χ1n) is 7.51. The number of anilines is 1. The van der Waals surface area contributed by atoms with E-state index >= 15 is 0 Å². The van der Waals surface area contributed by atoms with Gasteiger partial charge in [-0.05, 0) is 19.1 Å². The van der Waals surface area contributed by atoms with Crippen LogP contribution in [-0.2, 0) is 7.05 Å². The van der Waals surface area contributed by atoms with Gasteiger partial charge < -0.3 is 9.80 Å². The maximum atomic E-state index is 13.0. The Balaban J connectivity index is 1.67. The maximum absolute atomic E-state index is 13.0. The van der Waals surface area contributed by atoms with Gasteiger partial charge in [0, 0.05) is 33.4 Å². The van der Waals surface area contributed by atoms with Crippen LogP contribution in [0, 0.1) is 6.92 Å². The number of hydrogen-bond acceptors (Lipinski definition) is 5. The molecule has 0 unspecified atom stereocenters. The zero-order chi connectivity index (χ0) is 17.4. The Hall–Kier alpha value is -2.58. The molecule has 1 aliphatic heterocycles. The zero-order valence-electron chi connectivity index (χ0n) is 13.6. The van der Waals surface area contributed by atoms with Crippen LogP contribution in [-0.4, -0.2) is 57.0 Å². The zero-order valence-corrected chi connectivity index (χ0v) is 13.6. The highest BCUT2D eigenvalue weighted by atomic mass is 19.3. The minimum Gasteiger partial charge on any atom is -0.351 e. The van der Waals surface area contributed by atoms with E-state index in [9.17, 15) is 13.6 Å². The van der Waals surface area contributed by atoms with Crippen LogP contribution < -0.4 is 4.90 Å². The van der Waals surface area contributed by atoms with E-state index < -0.39 is 18.0 Å². The second kappa shape index (κ2) is 6.14. The quantitative estimate of drug-likeness (QED) is 0.845. The normalized spacial score (nSPS) is 14.8. The molecule has 0 N–H and O–H groups in total. The van der Waals surface area contributed by atoms with Crippen LogP contribution >= 0.6 is 0 Å². The van der Waals surface area contributed by atoms with Gasteiger partial charge in [0.05, 0.1) is 17.3 Å². The van der Waals surface area contributed by atoms with Crippen LogP contribution in [0.2, 0.25) is 0 Å². The Morgan fingerprint density at radius 1 is 1.33 bits per heavy atom. The molecule has 24 heavy (non-hydrogen) atoms. The van der Waals surface area contributed by atoms with E-state index in [0.29, 0.717) is 13.1 Å². The molecule has 9 heteroatoms. The van der Waals surface area contributed by atoms with Gasteiger partial charge in [0.25, 0.3) is 12.3 Å². The van der Waals surface area contributed by atoms with Crippen molar-refractivity contribution in [3.05, 3.63) is 35.3 Å². The number of aromatic nitrogens is 4. The molecule has 3 heterocycles. The number of rotatable bonds is 4. The SMILES string of the molecule is Cc1ccc(N2CC(N(C)C(=O)c3cn(C)nc3C(F)F)C2)nn1. The molecule has 0 saturated carbocycles. The number of carbonyl (C=O) groups is 1. The van der Waals surface area contributed by atoms with Gasteiger partial charge in [-0.25, -0.2) is 8.78 Å². The van der Waals surface area contributed by atoms with Crippen molar-refractivity contribution in [2.75, 3.05) is 25.0 Å². The van der Waals surface area contributed by atoms with E-state index in [0.717, 1.165) is 11.5 Å². The van der Waals surface area contributed by atoms with Gasteiger partial charge in [-0.15, -0.1) is 5.10 Å². The molecule has 0 radical (unpaired) electrons. The summed E-state index contributed by atoms with van der Waals surface area (Å²) in [5, 5.41) is 11.8. The van der Waals surface area contributed by atoms with E-state index in [1.54, 1.807) is 7.05 Å². The van der Waals surface area contributed by atoms with Crippen LogP contribution in [0.1, 0.15) is 28.2 Å². The molecule has 2 aromatic heterocycles. The lowest BCUT2D eigenvalue weighted by Crippen LogP contribution is -2.60. The summed E-state index contributed by atoms with van der Waals surface area (Å²) in [5.41, 5.74) is 0.303. The summed E-state index contributed by atoms with van der Waals surface area (Å²) in [4.78, 5) is 16.0. The summed E-state index contributed by atoms with van der Waals surface area (Å²) >= 11 is 0. The molecule has 0 atom stereocenters. The number of aryl methyl sites for hydroxylation is 2. The number of nitrogens with zero attached hydrogens (tertiary/aromatic N) is 6. The van der Waals surface area contributed by atoms with Crippen molar-refractivity contribution >= 4 is 11.7 Å². The third-order valence-corrected chi connectivity index (χ3v) is 4.13. The molecule has 0 spiro atoms. The van der Waals surface area contributed by atoms with Crippen molar-refractivity contribution < 1.29 is 13.6 Å². The fraction of sp³-hybridized carbons (Fsp3) is 0.467. The first-order chi connectivity index (χ1) is 11.4. The number of hydrogen-bond donors (Lipinski definition) is 0. The number of halogens is 2. The van der Waals surface area contributed by atoms with Gasteiger partial charge in [0.1, 0.15) is 5.69 Å². The molecule has 0 aliphatic carbocycles. The predicted octanol–water partition coefficient (Wildman–Crippen LogP) is 1.42. The smallest absolute Gasteiger partial charge is 0.282 e. The number of likely N-dealkylation sites (N-methyl/N-ethyl adjacent to an activating group) is 1. The first-order valence-corrected chi connectivity index (χ1v) is 7.51. The monoisotopic (exact) mass is 336 g/mol. The summed E-state index contributed by atoms with van der Waals surface area (Å²) in [6.45, 7) is 3.03. The van der Waals surface area contributed by atoms with E-state index in [2.05, 4.69) is 15.3 Å². The molecule has 0 bridgehead atoms. The molecule has 1 fully saturated rings. The van der Waals surface area contributed by atoms with Gasteiger partial charge >= 0.3 is 0 Å². The molecular weight excluding hydrogens is 318 g/mol. The molecule has 3 rings (SSSR count). The summed E-state index contributed by atoms with van der Waals surface area (Å²) in [7, 11) is 3.14. The Morgan fingerprint density at radius 3 is 2.62 bits per heavy atom. The van der Waals surface area contributed by atoms with E-state index in [4.69, 9.17) is 0 Å². The largest absolute Gasteiger partial charge is 0.351 e. The van der Waals surface area contributed by atoms with E-state index in [-0.39, 0.29) is 11.6 Å². The first kappa shape index (κ1) is 16.3. The third kappa shape index (κ3) is 2.93. The molecule has 1 saturated heterocycles. The molecule has 128 valence electrons. The van der Waals surface area contributed by atoms with Crippen LogP contribution in [0.25, 0.3) is 0 Å². The second-order valence-corrected chi connectivity index (χ2v) is 5.91. The molecule has 7 nitrogen and oxygen atoms in total. The maximum Gasteiger partial charge on any atom is 0.282 e. The molecule has 1 aliphatic rings. The highest BCUT2D eigenvalue weighted by Gasteiger charge is 2.35. The number of alkyl halides is 2. The summed E-state index contributed by atoms with van der Waals surface area (Å²) in [6.07, 6.45) is -1.44. The average molecular weight is 336 g/mol. The standard InChI is InChI=1S/C15H18F2N6O/c1-9-4-5-12(19-18-9)23-6-10(7-23)22(3)15(24)11-8-21(2)20-13(11)14(16)17/h4-5,8,10,14H,6-7H2,1-3H3. The van der Waals surface area contributed by atoms with Crippen molar-refractivity contribution in [3.63, 3.8) is 0 Å². The minimum atomic E-state index is -2.78. The molecule has 1 amide bonds. The third-order valence-electron chi connectivity index (χ3n) is 4.13. The summed E-state index contributed by atoms with van der Waals surface area (Å²) in [5.74, 6) is 0.297. The summed E-state index contributed by atoms with van der Waals surface area (Å²) < 4.78 is 27.2. The van der Waals surface area contributed by atoms with Gasteiger partial charge in [0.15, 0.2) is 5.82 Å². The van der Waals surface area contributed by atoms with Crippen LogP contribution in [0.5, 0.6) is 0 Å².